The first kappa shape index (κ1) is 11.7. The van der Waals surface area contributed by atoms with Crippen LogP contribution in [-0.2, 0) is 19.5 Å². The van der Waals surface area contributed by atoms with Crippen LogP contribution in [0.3, 0.4) is 0 Å². The van der Waals surface area contributed by atoms with E-state index in [1.54, 1.807) is 0 Å². The van der Waals surface area contributed by atoms with Crippen LogP contribution in [0.2, 0.25) is 0 Å². The molecule has 1 aromatic rings. The molecule has 0 saturated heterocycles. The summed E-state index contributed by atoms with van der Waals surface area (Å²) in [5, 5.41) is 0. The molecule has 0 fully saturated rings. The number of thiol groups is 1. The first-order chi connectivity index (χ1) is 4.20. The summed E-state index contributed by atoms with van der Waals surface area (Å²) in [5.41, 5.74) is 0. The molecule has 1 aromatic carbocycles. The van der Waals surface area contributed by atoms with E-state index >= 15 is 0 Å². The third kappa shape index (κ3) is 3.37. The largest absolute Gasteiger partial charge is 0.142 e. The topological polar surface area (TPSA) is 0 Å². The Balaban J connectivity index is 0.000000810. The molecule has 0 spiro atoms. The second-order valence-corrected chi connectivity index (χ2v) is 4.49. The second kappa shape index (κ2) is 5.33. The fraction of sp³-hybridized carbons (Fsp3) is 0. The van der Waals surface area contributed by atoms with Crippen LogP contribution in [-0.4, -0.2) is 0 Å². The zero-order valence-corrected chi connectivity index (χ0v) is 13.3. The second-order valence-electron chi connectivity index (χ2n) is 1.60. The van der Waals surface area contributed by atoms with E-state index < -0.39 is 0 Å². The Bertz CT molecular complexity index is 227. The van der Waals surface area contributed by atoms with Crippen LogP contribution in [0.15, 0.2) is 23.1 Å². The SMILES string of the molecule is Sc1cc(I)ccc1I.[Zn]. The molecule has 0 N–H and O–H groups in total. The van der Waals surface area contributed by atoms with Gasteiger partial charge in [-0.05, 0) is 63.4 Å². The summed E-state index contributed by atoms with van der Waals surface area (Å²) in [4.78, 5) is 1.06. The molecule has 4 heteroatoms. The molecule has 50 valence electrons. The van der Waals surface area contributed by atoms with E-state index in [9.17, 15) is 0 Å². The Labute approximate surface area is 106 Å². The molecule has 0 amide bonds. The Kier molecular flexibility index (Phi) is 6.21. The van der Waals surface area contributed by atoms with Crippen LogP contribution in [0, 0.1) is 7.14 Å². The van der Waals surface area contributed by atoms with E-state index in [1.807, 2.05) is 6.07 Å². The van der Waals surface area contributed by atoms with Crippen LogP contribution in [0.5, 0.6) is 0 Å². The maximum atomic E-state index is 4.26. The summed E-state index contributed by atoms with van der Waals surface area (Å²) in [7, 11) is 0. The molecule has 0 aliphatic carbocycles. The Morgan fingerprint density at radius 2 is 1.80 bits per heavy atom. The van der Waals surface area contributed by atoms with Crippen LogP contribution < -0.4 is 0 Å². The van der Waals surface area contributed by atoms with Crippen molar-refractivity contribution in [2.45, 2.75) is 4.90 Å². The van der Waals surface area contributed by atoms with Gasteiger partial charge in [0.25, 0.3) is 0 Å². The minimum Gasteiger partial charge on any atom is -0.142 e. The van der Waals surface area contributed by atoms with Gasteiger partial charge in [-0.15, -0.1) is 12.6 Å². The van der Waals surface area contributed by atoms with E-state index in [-0.39, 0.29) is 19.5 Å². The number of benzene rings is 1. The minimum absolute atomic E-state index is 0. The van der Waals surface area contributed by atoms with Gasteiger partial charge in [-0.25, -0.2) is 0 Å². The molecule has 0 aliphatic rings. The first-order valence-corrected chi connectivity index (χ1v) is 4.94. The molecule has 0 bridgehead atoms. The fourth-order valence-electron chi connectivity index (χ4n) is 0.486. The molecule has 1 rings (SSSR count). The molecule has 0 aromatic heterocycles. The summed E-state index contributed by atoms with van der Waals surface area (Å²) >= 11 is 8.79. The van der Waals surface area contributed by atoms with Crippen LogP contribution >= 0.6 is 57.8 Å². The van der Waals surface area contributed by atoms with E-state index in [4.69, 9.17) is 0 Å². The average Bonchev–Trinajstić information content (AvgIpc) is 1.80. The fourth-order valence-corrected chi connectivity index (χ4v) is 1.77. The zero-order chi connectivity index (χ0) is 6.85. The van der Waals surface area contributed by atoms with Crippen molar-refractivity contribution in [3.8, 4) is 0 Å². The average molecular weight is 427 g/mol. The number of halogens is 2. The minimum atomic E-state index is 0. The number of hydrogen-bond acceptors (Lipinski definition) is 1. The van der Waals surface area contributed by atoms with Gasteiger partial charge in [-0.3, -0.25) is 0 Å². The molecular weight excluding hydrogens is 423 g/mol. The van der Waals surface area contributed by atoms with Crippen molar-refractivity contribution in [1.29, 1.82) is 0 Å². The number of hydrogen-bond donors (Lipinski definition) is 1. The van der Waals surface area contributed by atoms with Crippen LogP contribution in [0.1, 0.15) is 0 Å². The Hall–Kier alpha value is 1.65. The van der Waals surface area contributed by atoms with Crippen molar-refractivity contribution in [1.82, 2.24) is 0 Å². The van der Waals surface area contributed by atoms with E-state index in [0.29, 0.717) is 0 Å². The van der Waals surface area contributed by atoms with Gasteiger partial charge in [0.15, 0.2) is 0 Å². The van der Waals surface area contributed by atoms with Gasteiger partial charge in [0.2, 0.25) is 0 Å². The Morgan fingerprint density at radius 1 is 1.20 bits per heavy atom. The quantitative estimate of drug-likeness (QED) is 0.367. The summed E-state index contributed by atoms with van der Waals surface area (Å²) in [6.45, 7) is 0. The molecule has 0 heterocycles. The molecule has 0 saturated carbocycles. The van der Waals surface area contributed by atoms with E-state index in [0.717, 1.165) is 4.90 Å². The molecule has 0 radical (unpaired) electrons. The molecular formula is C6H4I2SZn. The summed E-state index contributed by atoms with van der Waals surface area (Å²) in [5.74, 6) is 0. The predicted octanol–water partition coefficient (Wildman–Crippen LogP) is 3.18. The van der Waals surface area contributed by atoms with Crippen molar-refractivity contribution < 1.29 is 19.5 Å². The van der Waals surface area contributed by atoms with E-state index in [1.165, 1.54) is 7.14 Å². The number of rotatable bonds is 0. The predicted molar refractivity (Wildman–Crippen MR) is 59.1 cm³/mol. The molecule has 10 heavy (non-hydrogen) atoms. The van der Waals surface area contributed by atoms with Crippen LogP contribution in [0.25, 0.3) is 0 Å². The summed E-state index contributed by atoms with van der Waals surface area (Å²) < 4.78 is 2.44. The van der Waals surface area contributed by atoms with Crippen molar-refractivity contribution in [2.75, 3.05) is 0 Å². The zero-order valence-electron chi connectivity index (χ0n) is 5.14. The van der Waals surface area contributed by atoms with Gasteiger partial charge in [-0.1, -0.05) is 0 Å². The first-order valence-electron chi connectivity index (χ1n) is 2.34. The van der Waals surface area contributed by atoms with Gasteiger partial charge in [-0.2, -0.15) is 0 Å². The van der Waals surface area contributed by atoms with Gasteiger partial charge >= 0.3 is 0 Å². The van der Waals surface area contributed by atoms with Crippen molar-refractivity contribution in [2.24, 2.45) is 0 Å². The van der Waals surface area contributed by atoms with Crippen molar-refractivity contribution in [3.63, 3.8) is 0 Å². The van der Waals surface area contributed by atoms with Gasteiger partial charge in [0.05, 0.1) is 0 Å². The standard InChI is InChI=1S/C6H4I2S.Zn/c7-4-1-2-5(8)6(9)3-4;/h1-3,9H;. The van der Waals surface area contributed by atoms with E-state index in [2.05, 4.69) is 69.9 Å². The van der Waals surface area contributed by atoms with Gasteiger partial charge in [0.1, 0.15) is 0 Å². The maximum Gasteiger partial charge on any atom is 0.0264 e. The third-order valence-corrected chi connectivity index (χ3v) is 3.32. The smallest absolute Gasteiger partial charge is 0.0264 e. The van der Waals surface area contributed by atoms with Gasteiger partial charge in [0, 0.05) is 31.5 Å². The maximum absolute atomic E-state index is 4.26. The third-order valence-electron chi connectivity index (χ3n) is 0.908. The normalized spacial score (nSPS) is 8.70. The van der Waals surface area contributed by atoms with Gasteiger partial charge < -0.3 is 0 Å². The molecule has 0 nitrogen and oxygen atoms in total. The Morgan fingerprint density at radius 3 is 2.20 bits per heavy atom. The monoisotopic (exact) mass is 426 g/mol. The summed E-state index contributed by atoms with van der Waals surface area (Å²) in [6, 6.07) is 6.18. The van der Waals surface area contributed by atoms with Crippen LogP contribution in [0.4, 0.5) is 0 Å². The summed E-state index contributed by atoms with van der Waals surface area (Å²) in [6.07, 6.45) is 0. The molecule has 0 unspecified atom stereocenters. The molecule has 0 atom stereocenters. The molecule has 0 aliphatic heterocycles. The van der Waals surface area contributed by atoms with Crippen molar-refractivity contribution in [3.05, 3.63) is 25.3 Å². The van der Waals surface area contributed by atoms with Crippen molar-refractivity contribution >= 4 is 57.8 Å².